The first-order chi connectivity index (χ1) is 16.5. The summed E-state index contributed by atoms with van der Waals surface area (Å²) < 4.78 is 17.5. The van der Waals surface area contributed by atoms with Crippen molar-refractivity contribution in [2.24, 2.45) is 0 Å². The number of amides is 2. The van der Waals surface area contributed by atoms with Crippen molar-refractivity contribution >= 4 is 27.7 Å². The van der Waals surface area contributed by atoms with Crippen LogP contribution in [-0.4, -0.2) is 41.0 Å². The highest BCUT2D eigenvalue weighted by Crippen LogP contribution is 2.33. The Morgan fingerprint density at radius 2 is 1.82 bits per heavy atom. The molecule has 5 rings (SSSR count). The molecule has 0 spiro atoms. The van der Waals surface area contributed by atoms with E-state index >= 15 is 0 Å². The Bertz CT molecular complexity index is 1220. The second-order valence-electron chi connectivity index (χ2n) is 8.62. The molecule has 3 aromatic rings. The molecule has 176 valence electrons. The molecule has 1 saturated carbocycles. The number of nitrogens with zero attached hydrogens (tertiary/aromatic N) is 2. The van der Waals surface area contributed by atoms with Gasteiger partial charge in [-0.15, -0.1) is 0 Å². The lowest BCUT2D eigenvalue weighted by Gasteiger charge is -2.27. The summed E-state index contributed by atoms with van der Waals surface area (Å²) in [7, 11) is 0. The maximum Gasteiger partial charge on any atom is 0.254 e. The first-order valence-corrected chi connectivity index (χ1v) is 12.0. The number of aryl methyl sites for hydroxylation is 1. The van der Waals surface area contributed by atoms with Crippen LogP contribution in [0.2, 0.25) is 0 Å². The minimum absolute atomic E-state index is 0.0141. The zero-order valence-electron chi connectivity index (χ0n) is 18.8. The van der Waals surface area contributed by atoms with Crippen LogP contribution in [0.3, 0.4) is 0 Å². The van der Waals surface area contributed by atoms with Crippen LogP contribution < -0.4 is 9.47 Å². The van der Waals surface area contributed by atoms with E-state index in [2.05, 4.69) is 15.9 Å². The molecule has 1 aliphatic carbocycles. The molecule has 8 heteroatoms. The molecule has 2 aliphatic rings. The van der Waals surface area contributed by atoms with Gasteiger partial charge in [-0.3, -0.25) is 9.59 Å². The number of fused-ring (bicyclic) bond motifs is 1. The average molecular weight is 525 g/mol. The number of carbonyl (C=O) groups is 2. The summed E-state index contributed by atoms with van der Waals surface area (Å²) in [6.45, 7) is 2.75. The fourth-order valence-electron chi connectivity index (χ4n) is 4.04. The number of benzene rings is 2. The molecule has 0 N–H and O–H groups in total. The molecule has 2 heterocycles. The number of carbonyl (C=O) groups excluding carboxylic acids is 2. The Hall–Kier alpha value is -3.26. The Kier molecular flexibility index (Phi) is 6.32. The number of hydrogen-bond donors (Lipinski definition) is 0. The van der Waals surface area contributed by atoms with Crippen LogP contribution in [0, 0.1) is 6.92 Å². The smallest absolute Gasteiger partial charge is 0.254 e. The molecule has 34 heavy (non-hydrogen) atoms. The second kappa shape index (κ2) is 9.54. The quantitative estimate of drug-likeness (QED) is 0.418. The maximum absolute atomic E-state index is 13.6. The summed E-state index contributed by atoms with van der Waals surface area (Å²) in [6.07, 6.45) is 1.82. The van der Waals surface area contributed by atoms with Gasteiger partial charge >= 0.3 is 0 Å². The summed E-state index contributed by atoms with van der Waals surface area (Å²) in [4.78, 5) is 30.3. The van der Waals surface area contributed by atoms with Gasteiger partial charge in [-0.1, -0.05) is 28.1 Å². The first-order valence-electron chi connectivity index (χ1n) is 11.2. The van der Waals surface area contributed by atoms with Gasteiger partial charge in [0.1, 0.15) is 18.1 Å². The van der Waals surface area contributed by atoms with E-state index in [1.54, 1.807) is 21.9 Å². The van der Waals surface area contributed by atoms with E-state index in [-0.39, 0.29) is 31.2 Å². The van der Waals surface area contributed by atoms with Crippen LogP contribution in [0.25, 0.3) is 0 Å². The van der Waals surface area contributed by atoms with Gasteiger partial charge in [0.25, 0.3) is 5.91 Å². The Labute approximate surface area is 206 Å². The van der Waals surface area contributed by atoms with Crippen LogP contribution in [0.5, 0.6) is 11.5 Å². The first kappa shape index (κ1) is 22.5. The predicted molar refractivity (Wildman–Crippen MR) is 128 cm³/mol. The van der Waals surface area contributed by atoms with Gasteiger partial charge in [0.15, 0.2) is 11.5 Å². The molecule has 2 aromatic carbocycles. The molecule has 0 bridgehead atoms. The monoisotopic (exact) mass is 524 g/mol. The lowest BCUT2D eigenvalue weighted by molar-refractivity contribution is -0.133. The van der Waals surface area contributed by atoms with E-state index in [0.717, 1.165) is 28.6 Å². The lowest BCUT2D eigenvalue weighted by atomic mass is 10.1. The SMILES string of the molecule is Cc1ccc(CN(Cc2ccc3c(c2)OCO3)C(=O)CN(C(=O)c2cccc(Br)c2)C2CC2)o1. The molecule has 2 amide bonds. The Morgan fingerprint density at radius 1 is 1.00 bits per heavy atom. The zero-order chi connectivity index (χ0) is 23.7. The van der Waals surface area contributed by atoms with Crippen LogP contribution in [0.15, 0.2) is 63.5 Å². The number of rotatable bonds is 8. The molecule has 7 nitrogen and oxygen atoms in total. The summed E-state index contributed by atoms with van der Waals surface area (Å²) in [5, 5.41) is 0. The molecule has 0 saturated heterocycles. The van der Waals surface area contributed by atoms with E-state index in [1.807, 2.05) is 49.4 Å². The number of ether oxygens (including phenoxy) is 2. The van der Waals surface area contributed by atoms with E-state index in [9.17, 15) is 9.59 Å². The van der Waals surface area contributed by atoms with Gasteiger partial charge in [0.05, 0.1) is 6.54 Å². The van der Waals surface area contributed by atoms with Gasteiger partial charge in [0.2, 0.25) is 12.7 Å². The molecular formula is C26H25BrN2O5. The van der Waals surface area contributed by atoms with Crippen molar-refractivity contribution in [3.05, 3.63) is 81.7 Å². The highest BCUT2D eigenvalue weighted by Gasteiger charge is 2.35. The van der Waals surface area contributed by atoms with Crippen molar-refractivity contribution < 1.29 is 23.5 Å². The Balaban J connectivity index is 1.36. The largest absolute Gasteiger partial charge is 0.464 e. The number of furan rings is 1. The predicted octanol–water partition coefficient (Wildman–Crippen LogP) is 4.91. The lowest BCUT2D eigenvalue weighted by Crippen LogP contribution is -2.43. The third-order valence-corrected chi connectivity index (χ3v) is 6.42. The van der Waals surface area contributed by atoms with Crippen molar-refractivity contribution in [2.75, 3.05) is 13.3 Å². The van der Waals surface area contributed by atoms with Gasteiger partial charge in [-0.05, 0) is 67.8 Å². The fraction of sp³-hybridized carbons (Fsp3) is 0.308. The van der Waals surface area contributed by atoms with E-state index < -0.39 is 0 Å². The summed E-state index contributed by atoms with van der Waals surface area (Å²) >= 11 is 3.43. The highest BCUT2D eigenvalue weighted by molar-refractivity contribution is 9.10. The van der Waals surface area contributed by atoms with Crippen molar-refractivity contribution in [1.82, 2.24) is 9.80 Å². The molecule has 0 atom stereocenters. The van der Waals surface area contributed by atoms with E-state index in [1.165, 1.54) is 0 Å². The van der Waals surface area contributed by atoms with Gasteiger partial charge in [-0.2, -0.15) is 0 Å². The molecule has 0 unspecified atom stereocenters. The van der Waals surface area contributed by atoms with Gasteiger partial charge in [-0.25, -0.2) is 0 Å². The van der Waals surface area contributed by atoms with Crippen molar-refractivity contribution in [1.29, 1.82) is 0 Å². The molecule has 1 fully saturated rings. The van der Waals surface area contributed by atoms with Crippen LogP contribution >= 0.6 is 15.9 Å². The van der Waals surface area contributed by atoms with E-state index in [0.29, 0.717) is 35.9 Å². The summed E-state index contributed by atoms with van der Waals surface area (Å²) in [5.41, 5.74) is 1.48. The van der Waals surface area contributed by atoms with Gasteiger partial charge < -0.3 is 23.7 Å². The fourth-order valence-corrected chi connectivity index (χ4v) is 4.44. The molecule has 1 aliphatic heterocycles. The number of hydrogen-bond acceptors (Lipinski definition) is 5. The summed E-state index contributed by atoms with van der Waals surface area (Å²) in [6, 6.07) is 16.8. The maximum atomic E-state index is 13.6. The third-order valence-electron chi connectivity index (χ3n) is 5.93. The Morgan fingerprint density at radius 3 is 2.56 bits per heavy atom. The average Bonchev–Trinajstić information content (AvgIpc) is 3.42. The molecule has 1 aromatic heterocycles. The number of halogens is 1. The van der Waals surface area contributed by atoms with Crippen molar-refractivity contribution in [3.63, 3.8) is 0 Å². The normalized spacial score (nSPS) is 14.2. The zero-order valence-corrected chi connectivity index (χ0v) is 20.4. The van der Waals surface area contributed by atoms with Crippen molar-refractivity contribution in [3.8, 4) is 11.5 Å². The molecule has 0 radical (unpaired) electrons. The van der Waals surface area contributed by atoms with Crippen LogP contribution in [-0.2, 0) is 17.9 Å². The minimum atomic E-state index is -0.137. The third kappa shape index (κ3) is 5.12. The molecular weight excluding hydrogens is 500 g/mol. The van der Waals surface area contributed by atoms with E-state index in [4.69, 9.17) is 13.9 Å². The topological polar surface area (TPSA) is 72.2 Å². The summed E-state index contributed by atoms with van der Waals surface area (Å²) in [5.74, 6) is 2.58. The van der Waals surface area contributed by atoms with Gasteiger partial charge in [0, 0.05) is 22.6 Å². The van der Waals surface area contributed by atoms with Crippen LogP contribution in [0.1, 0.15) is 40.3 Å². The minimum Gasteiger partial charge on any atom is -0.464 e. The standard InChI is InChI=1S/C26H25BrN2O5/c1-17-5-9-22(34-17)14-28(13-18-6-10-23-24(11-18)33-16-32-23)25(30)15-29(21-7-8-21)26(31)19-3-2-4-20(27)12-19/h2-6,9-12,21H,7-8,13-16H2,1H3. The second-order valence-corrected chi connectivity index (χ2v) is 9.54. The van der Waals surface area contributed by atoms with Crippen molar-refractivity contribution in [2.45, 2.75) is 38.9 Å². The van der Waals surface area contributed by atoms with Crippen LogP contribution in [0.4, 0.5) is 0 Å². The highest BCUT2D eigenvalue weighted by atomic mass is 79.9.